The molecule has 0 aliphatic carbocycles. The van der Waals surface area contributed by atoms with Gasteiger partial charge in [0.25, 0.3) is 0 Å². The van der Waals surface area contributed by atoms with Gasteiger partial charge in [0.2, 0.25) is 0 Å². The number of ether oxygens (including phenoxy) is 1. The molecule has 1 aromatic rings. The molecule has 0 bridgehead atoms. The molecule has 6 nitrogen and oxygen atoms in total. The van der Waals surface area contributed by atoms with Crippen LogP contribution in [0.1, 0.15) is 32.1 Å². The predicted molar refractivity (Wildman–Crippen MR) is 67.2 cm³/mol. The molecule has 1 amide bonds. The lowest BCUT2D eigenvalue weighted by molar-refractivity contribution is 0.0524. The fraction of sp³-hybridized carbons (Fsp3) is 0.667. The molecule has 0 radical (unpaired) electrons. The second-order valence-corrected chi connectivity index (χ2v) is 5.25. The molecule has 6 heteroatoms. The van der Waals surface area contributed by atoms with Crippen LogP contribution in [0.4, 0.5) is 4.79 Å². The van der Waals surface area contributed by atoms with Crippen molar-refractivity contribution in [2.45, 2.75) is 45.8 Å². The maximum absolute atomic E-state index is 11.4. The van der Waals surface area contributed by atoms with Crippen molar-refractivity contribution < 1.29 is 14.1 Å². The van der Waals surface area contributed by atoms with Crippen molar-refractivity contribution in [1.82, 2.24) is 10.5 Å². The van der Waals surface area contributed by atoms with E-state index in [9.17, 15) is 4.79 Å². The van der Waals surface area contributed by atoms with Gasteiger partial charge in [-0.15, -0.1) is 0 Å². The molecule has 0 aliphatic rings. The van der Waals surface area contributed by atoms with Gasteiger partial charge in [0.1, 0.15) is 11.4 Å². The maximum Gasteiger partial charge on any atom is 0.407 e. The number of amides is 1. The van der Waals surface area contributed by atoms with Crippen LogP contribution in [-0.4, -0.2) is 29.4 Å². The second kappa shape index (κ2) is 5.86. The summed E-state index contributed by atoms with van der Waals surface area (Å²) in [4.78, 5) is 11.4. The average molecular weight is 255 g/mol. The minimum Gasteiger partial charge on any atom is -0.444 e. The van der Waals surface area contributed by atoms with Crippen molar-refractivity contribution in [2.24, 2.45) is 5.73 Å². The van der Waals surface area contributed by atoms with E-state index < -0.39 is 11.7 Å². The topological polar surface area (TPSA) is 90.4 Å². The highest BCUT2D eigenvalue weighted by Crippen LogP contribution is 2.08. The first-order valence-corrected chi connectivity index (χ1v) is 5.90. The number of carbonyl (C=O) groups excluding carboxylic acids is 1. The van der Waals surface area contributed by atoms with E-state index in [2.05, 4.69) is 10.5 Å². The van der Waals surface area contributed by atoms with Crippen molar-refractivity contribution in [3.05, 3.63) is 17.5 Å². The number of hydrogen-bond acceptors (Lipinski definition) is 5. The highest BCUT2D eigenvalue weighted by atomic mass is 16.6. The maximum atomic E-state index is 11.4. The largest absolute Gasteiger partial charge is 0.444 e. The Kier molecular flexibility index (Phi) is 4.72. The number of alkyl carbamates (subject to hydrolysis) is 1. The Morgan fingerprint density at radius 1 is 1.61 bits per heavy atom. The van der Waals surface area contributed by atoms with Crippen LogP contribution in [0.15, 0.2) is 10.7 Å². The Balaban J connectivity index is 2.31. The summed E-state index contributed by atoms with van der Waals surface area (Å²) in [5.41, 5.74) is 6.36. The predicted octanol–water partition coefficient (Wildman–Crippen LogP) is 1.38. The first-order chi connectivity index (χ1) is 8.28. The first-order valence-electron chi connectivity index (χ1n) is 5.90. The summed E-state index contributed by atoms with van der Waals surface area (Å²) in [5.74, 6) is 0.753. The van der Waals surface area contributed by atoms with Gasteiger partial charge in [0.15, 0.2) is 0 Å². The summed E-state index contributed by atoms with van der Waals surface area (Å²) in [7, 11) is 0. The molecule has 102 valence electrons. The number of nitrogens with two attached hydrogens (primary N) is 1. The van der Waals surface area contributed by atoms with Crippen molar-refractivity contribution in [3.8, 4) is 0 Å². The molecule has 0 aromatic carbocycles. The van der Waals surface area contributed by atoms with Crippen LogP contribution < -0.4 is 11.1 Å². The number of nitrogens with one attached hydrogen (secondary N) is 1. The summed E-state index contributed by atoms with van der Waals surface area (Å²) in [6, 6.07) is -0.199. The molecular weight excluding hydrogens is 234 g/mol. The summed E-state index contributed by atoms with van der Waals surface area (Å²) < 4.78 is 10.0. The van der Waals surface area contributed by atoms with E-state index in [1.54, 1.807) is 6.20 Å². The van der Waals surface area contributed by atoms with Crippen LogP contribution in [0.5, 0.6) is 0 Å². The zero-order chi connectivity index (χ0) is 13.8. The molecular formula is C12H21N3O3. The van der Waals surface area contributed by atoms with E-state index in [4.69, 9.17) is 15.0 Å². The number of nitrogens with zero attached hydrogens (tertiary/aromatic N) is 1. The Morgan fingerprint density at radius 3 is 2.78 bits per heavy atom. The summed E-state index contributed by atoms with van der Waals surface area (Å²) in [5, 5.41) is 6.31. The highest BCUT2D eigenvalue weighted by molar-refractivity contribution is 5.67. The molecule has 1 aromatic heterocycles. The van der Waals surface area contributed by atoms with Gasteiger partial charge in [-0.05, 0) is 34.1 Å². The standard InChI is InChI=1S/C12H21N3O3/c1-8-9(6-15-18-8)5-10(13)7-14-11(16)17-12(2,3)4/h6,10H,5,7,13H2,1-4H3,(H,14,16). The van der Waals surface area contributed by atoms with Crippen molar-refractivity contribution in [3.63, 3.8) is 0 Å². The Morgan fingerprint density at radius 2 is 2.28 bits per heavy atom. The van der Waals surface area contributed by atoms with Crippen LogP contribution in [0.3, 0.4) is 0 Å². The quantitative estimate of drug-likeness (QED) is 0.848. The lowest BCUT2D eigenvalue weighted by Gasteiger charge is -2.20. The van der Waals surface area contributed by atoms with Gasteiger partial charge in [-0.3, -0.25) is 0 Å². The zero-order valence-corrected chi connectivity index (χ0v) is 11.3. The first kappa shape index (κ1) is 14.5. The number of rotatable bonds is 4. The van der Waals surface area contributed by atoms with Crippen molar-refractivity contribution in [1.29, 1.82) is 0 Å². The van der Waals surface area contributed by atoms with E-state index >= 15 is 0 Å². The minimum atomic E-state index is -0.501. The average Bonchev–Trinajstić information content (AvgIpc) is 2.59. The molecule has 0 aliphatic heterocycles. The van der Waals surface area contributed by atoms with Gasteiger partial charge in [0, 0.05) is 18.2 Å². The molecule has 0 saturated carbocycles. The van der Waals surface area contributed by atoms with Crippen LogP contribution in [0.2, 0.25) is 0 Å². The molecule has 0 saturated heterocycles. The monoisotopic (exact) mass is 255 g/mol. The van der Waals surface area contributed by atoms with Gasteiger partial charge in [0.05, 0.1) is 6.20 Å². The van der Waals surface area contributed by atoms with Gasteiger partial charge in [-0.25, -0.2) is 4.79 Å². The molecule has 1 heterocycles. The van der Waals surface area contributed by atoms with Gasteiger partial charge >= 0.3 is 6.09 Å². The Bertz CT molecular complexity index is 396. The molecule has 0 fully saturated rings. The molecule has 3 N–H and O–H groups in total. The third kappa shape index (κ3) is 5.18. The number of aromatic nitrogens is 1. The highest BCUT2D eigenvalue weighted by Gasteiger charge is 2.17. The molecule has 18 heavy (non-hydrogen) atoms. The molecule has 0 spiro atoms. The van der Waals surface area contributed by atoms with Crippen LogP contribution >= 0.6 is 0 Å². The zero-order valence-electron chi connectivity index (χ0n) is 11.3. The van der Waals surface area contributed by atoms with E-state index in [-0.39, 0.29) is 6.04 Å². The Labute approximate surface area is 107 Å². The summed E-state index contributed by atoms with van der Waals surface area (Å²) in [6.45, 7) is 7.61. The fourth-order valence-electron chi connectivity index (χ4n) is 1.40. The van der Waals surface area contributed by atoms with Gasteiger partial charge < -0.3 is 20.3 Å². The van der Waals surface area contributed by atoms with E-state index in [0.717, 1.165) is 11.3 Å². The number of carbonyl (C=O) groups is 1. The van der Waals surface area contributed by atoms with Crippen molar-refractivity contribution in [2.75, 3.05) is 6.54 Å². The van der Waals surface area contributed by atoms with Crippen molar-refractivity contribution >= 4 is 6.09 Å². The van der Waals surface area contributed by atoms with E-state index in [1.807, 2.05) is 27.7 Å². The Hall–Kier alpha value is -1.56. The smallest absolute Gasteiger partial charge is 0.407 e. The van der Waals surface area contributed by atoms with Gasteiger partial charge in [-0.1, -0.05) is 5.16 Å². The summed E-state index contributed by atoms with van der Waals surface area (Å²) >= 11 is 0. The van der Waals surface area contributed by atoms with Crippen LogP contribution in [-0.2, 0) is 11.2 Å². The molecule has 1 rings (SSSR count). The van der Waals surface area contributed by atoms with Crippen LogP contribution in [0, 0.1) is 6.92 Å². The normalized spacial score (nSPS) is 13.2. The van der Waals surface area contributed by atoms with Crippen LogP contribution in [0.25, 0.3) is 0 Å². The minimum absolute atomic E-state index is 0.199. The molecule has 1 unspecified atom stereocenters. The number of hydrogen-bond donors (Lipinski definition) is 2. The fourth-order valence-corrected chi connectivity index (χ4v) is 1.40. The van der Waals surface area contributed by atoms with Gasteiger partial charge in [-0.2, -0.15) is 0 Å². The summed E-state index contributed by atoms with van der Waals surface area (Å²) in [6.07, 6.45) is 1.79. The third-order valence-corrected chi connectivity index (χ3v) is 2.24. The third-order valence-electron chi connectivity index (χ3n) is 2.24. The SMILES string of the molecule is Cc1oncc1CC(N)CNC(=O)OC(C)(C)C. The van der Waals surface area contributed by atoms with E-state index in [1.165, 1.54) is 0 Å². The molecule has 1 atom stereocenters. The second-order valence-electron chi connectivity index (χ2n) is 5.25. The lowest BCUT2D eigenvalue weighted by atomic mass is 10.1. The lowest BCUT2D eigenvalue weighted by Crippen LogP contribution is -2.41. The number of aryl methyl sites for hydroxylation is 1. The van der Waals surface area contributed by atoms with E-state index in [0.29, 0.717) is 13.0 Å².